The number of nitrogens with one attached hydrogen (secondary N) is 1. The van der Waals surface area contributed by atoms with E-state index in [9.17, 15) is 4.79 Å². The van der Waals surface area contributed by atoms with E-state index in [1.807, 2.05) is 24.3 Å². The molecule has 3 heterocycles. The fourth-order valence-electron chi connectivity index (χ4n) is 4.49. The molecule has 5 nitrogen and oxygen atoms in total. The molecule has 0 saturated carbocycles. The number of aryl methyl sites for hydroxylation is 1. The lowest BCUT2D eigenvalue weighted by Crippen LogP contribution is -2.51. The number of anilines is 1. The van der Waals surface area contributed by atoms with Crippen LogP contribution in [0.1, 0.15) is 12.8 Å². The number of piperazine rings is 1. The predicted octanol–water partition coefficient (Wildman–Crippen LogP) is 4.39. The molecule has 6 heteroatoms. The van der Waals surface area contributed by atoms with Crippen molar-refractivity contribution >= 4 is 37.9 Å². The van der Waals surface area contributed by atoms with Gasteiger partial charge in [-0.3, -0.25) is 4.79 Å². The Kier molecular flexibility index (Phi) is 5.66. The first kappa shape index (κ1) is 20.1. The number of pyridine rings is 1. The fraction of sp³-hybridized carbons (Fsp3) is 0.320. The molecule has 1 unspecified atom stereocenters. The zero-order chi connectivity index (χ0) is 21.2. The summed E-state index contributed by atoms with van der Waals surface area (Å²) in [6.07, 6.45) is 3.85. The fourth-order valence-corrected chi connectivity index (χ4v) is 5.29. The first-order valence-electron chi connectivity index (χ1n) is 10.9. The summed E-state index contributed by atoms with van der Waals surface area (Å²) < 4.78 is 8.98. The van der Waals surface area contributed by atoms with Gasteiger partial charge >= 0.3 is 0 Å². The number of nitrogens with zero attached hydrogens (tertiary/aromatic N) is 2. The summed E-state index contributed by atoms with van der Waals surface area (Å²) in [6.45, 7) is 3.72. The zero-order valence-corrected chi connectivity index (χ0v) is 18.5. The molecule has 1 fully saturated rings. The number of fused-ring (bicyclic) bond motifs is 2. The molecule has 0 aliphatic carbocycles. The number of hydrogen-bond acceptors (Lipinski definition) is 5. The predicted molar refractivity (Wildman–Crippen MR) is 130 cm³/mol. The second-order valence-electron chi connectivity index (χ2n) is 8.13. The van der Waals surface area contributed by atoms with Crippen LogP contribution in [-0.2, 0) is 7.05 Å². The topological polar surface area (TPSA) is 46.5 Å². The molecular weight excluding hydrogens is 406 g/mol. The molecule has 1 aliphatic rings. The second kappa shape index (κ2) is 8.73. The molecule has 0 amide bonds. The number of aromatic nitrogens is 1. The van der Waals surface area contributed by atoms with E-state index in [2.05, 4.69) is 39.9 Å². The molecule has 0 spiro atoms. The van der Waals surface area contributed by atoms with E-state index in [1.165, 1.54) is 15.8 Å². The van der Waals surface area contributed by atoms with Crippen molar-refractivity contribution in [2.45, 2.75) is 18.9 Å². The maximum absolute atomic E-state index is 12.2. The van der Waals surface area contributed by atoms with E-state index >= 15 is 0 Å². The van der Waals surface area contributed by atoms with Gasteiger partial charge in [-0.25, -0.2) is 0 Å². The molecule has 0 bridgehead atoms. The number of benzene rings is 2. The van der Waals surface area contributed by atoms with Crippen LogP contribution in [0.5, 0.6) is 5.75 Å². The molecule has 1 atom stereocenters. The van der Waals surface area contributed by atoms with Gasteiger partial charge < -0.3 is 19.5 Å². The summed E-state index contributed by atoms with van der Waals surface area (Å²) in [7, 11) is 1.77. The Morgan fingerprint density at radius 3 is 3.03 bits per heavy atom. The standard InChI is InChI=1S/C25H27N3O2S/c1-27-12-9-18-16-20(7-8-21(18)25(27)29)30-14-3-4-19-17-26-11-13-28(19)23-5-2-6-24-22(23)10-15-31-24/h2,5-10,12,15-16,19,26H,3-4,11,13-14,17H2,1H3. The Morgan fingerprint density at radius 2 is 2.10 bits per heavy atom. The molecule has 1 saturated heterocycles. The third-order valence-electron chi connectivity index (χ3n) is 6.13. The Hall–Kier alpha value is -2.83. The van der Waals surface area contributed by atoms with Crippen LogP contribution in [0, 0.1) is 0 Å². The number of hydrogen-bond donors (Lipinski definition) is 1. The van der Waals surface area contributed by atoms with Crippen LogP contribution in [0.4, 0.5) is 5.69 Å². The summed E-state index contributed by atoms with van der Waals surface area (Å²) >= 11 is 1.80. The van der Waals surface area contributed by atoms with Crippen molar-refractivity contribution in [2.24, 2.45) is 7.05 Å². The maximum Gasteiger partial charge on any atom is 0.258 e. The van der Waals surface area contributed by atoms with Gasteiger partial charge in [0.25, 0.3) is 5.56 Å². The summed E-state index contributed by atoms with van der Waals surface area (Å²) in [6, 6.07) is 17.0. The van der Waals surface area contributed by atoms with Gasteiger partial charge in [-0.05, 0) is 66.1 Å². The van der Waals surface area contributed by atoms with Crippen molar-refractivity contribution in [2.75, 3.05) is 31.1 Å². The van der Waals surface area contributed by atoms with Gasteiger partial charge in [0.1, 0.15) is 5.75 Å². The number of rotatable bonds is 6. The average Bonchev–Trinajstić information content (AvgIpc) is 3.29. The van der Waals surface area contributed by atoms with E-state index in [0.29, 0.717) is 12.6 Å². The van der Waals surface area contributed by atoms with E-state index < -0.39 is 0 Å². The summed E-state index contributed by atoms with van der Waals surface area (Å²) in [4.78, 5) is 14.8. The molecule has 2 aromatic heterocycles. The minimum Gasteiger partial charge on any atom is -0.494 e. The molecule has 0 radical (unpaired) electrons. The van der Waals surface area contributed by atoms with Gasteiger partial charge in [0.05, 0.1) is 6.61 Å². The molecular formula is C25H27N3O2S. The summed E-state index contributed by atoms with van der Waals surface area (Å²) in [5, 5.41) is 8.74. The minimum atomic E-state index is 0.0228. The van der Waals surface area contributed by atoms with Gasteiger partial charge in [0, 0.05) is 60.1 Å². The maximum atomic E-state index is 12.2. The van der Waals surface area contributed by atoms with Crippen LogP contribution in [0.2, 0.25) is 0 Å². The van der Waals surface area contributed by atoms with Crippen LogP contribution in [0.3, 0.4) is 0 Å². The largest absolute Gasteiger partial charge is 0.494 e. The summed E-state index contributed by atoms with van der Waals surface area (Å²) in [5.41, 5.74) is 1.37. The van der Waals surface area contributed by atoms with E-state index in [-0.39, 0.29) is 5.56 Å². The highest BCUT2D eigenvalue weighted by molar-refractivity contribution is 7.17. The van der Waals surface area contributed by atoms with Crippen molar-refractivity contribution < 1.29 is 4.74 Å². The van der Waals surface area contributed by atoms with Crippen molar-refractivity contribution in [3.63, 3.8) is 0 Å². The molecule has 5 rings (SSSR count). The monoisotopic (exact) mass is 433 g/mol. The van der Waals surface area contributed by atoms with E-state index in [0.717, 1.165) is 49.0 Å². The number of ether oxygens (including phenoxy) is 1. The number of thiophene rings is 1. The SMILES string of the molecule is Cn1ccc2cc(OCCCC3CNCCN3c3cccc4sccc34)ccc2c1=O. The Bertz CT molecular complexity index is 1260. The second-order valence-corrected chi connectivity index (χ2v) is 9.08. The zero-order valence-electron chi connectivity index (χ0n) is 17.7. The molecule has 1 aliphatic heterocycles. The highest BCUT2D eigenvalue weighted by Crippen LogP contribution is 2.32. The lowest BCUT2D eigenvalue weighted by Gasteiger charge is -2.38. The third kappa shape index (κ3) is 4.05. The minimum absolute atomic E-state index is 0.0228. The van der Waals surface area contributed by atoms with Gasteiger partial charge in [0.15, 0.2) is 0 Å². The van der Waals surface area contributed by atoms with Crippen LogP contribution in [0.15, 0.2) is 64.9 Å². The van der Waals surface area contributed by atoms with Gasteiger partial charge in [-0.15, -0.1) is 11.3 Å². The van der Waals surface area contributed by atoms with Crippen LogP contribution in [-0.4, -0.2) is 36.9 Å². The third-order valence-corrected chi connectivity index (χ3v) is 7.02. The van der Waals surface area contributed by atoms with Gasteiger partial charge in [0.2, 0.25) is 0 Å². The molecule has 31 heavy (non-hydrogen) atoms. The molecule has 2 aromatic carbocycles. The van der Waals surface area contributed by atoms with Crippen molar-refractivity contribution in [1.29, 1.82) is 0 Å². The Morgan fingerprint density at radius 1 is 1.16 bits per heavy atom. The van der Waals surface area contributed by atoms with Crippen LogP contribution >= 0.6 is 11.3 Å². The molecule has 1 N–H and O–H groups in total. The quantitative estimate of drug-likeness (QED) is 0.458. The van der Waals surface area contributed by atoms with Gasteiger partial charge in [-0.2, -0.15) is 0 Å². The average molecular weight is 434 g/mol. The van der Waals surface area contributed by atoms with E-state index in [1.54, 1.807) is 29.1 Å². The highest BCUT2D eigenvalue weighted by Gasteiger charge is 2.23. The molecule has 4 aromatic rings. The van der Waals surface area contributed by atoms with Crippen LogP contribution < -0.4 is 20.5 Å². The van der Waals surface area contributed by atoms with Gasteiger partial charge in [-0.1, -0.05) is 6.07 Å². The van der Waals surface area contributed by atoms with Crippen LogP contribution in [0.25, 0.3) is 20.9 Å². The lowest BCUT2D eigenvalue weighted by atomic mass is 10.1. The normalized spacial score (nSPS) is 16.8. The first-order valence-corrected chi connectivity index (χ1v) is 11.7. The summed E-state index contributed by atoms with van der Waals surface area (Å²) in [5.74, 6) is 0.822. The van der Waals surface area contributed by atoms with E-state index in [4.69, 9.17) is 4.74 Å². The highest BCUT2D eigenvalue weighted by atomic mass is 32.1. The smallest absolute Gasteiger partial charge is 0.258 e. The lowest BCUT2D eigenvalue weighted by molar-refractivity contribution is 0.296. The first-order chi connectivity index (χ1) is 15.2. The Labute approximate surface area is 185 Å². The Balaban J connectivity index is 1.23. The van der Waals surface area contributed by atoms with Crippen molar-refractivity contribution in [1.82, 2.24) is 9.88 Å². The van der Waals surface area contributed by atoms with Crippen molar-refractivity contribution in [3.8, 4) is 5.75 Å². The van der Waals surface area contributed by atoms with Crippen molar-refractivity contribution in [3.05, 3.63) is 70.5 Å². The molecule has 160 valence electrons.